The van der Waals surface area contributed by atoms with E-state index in [4.69, 9.17) is 4.74 Å². The third kappa shape index (κ3) is 2.85. The average molecular weight is 245 g/mol. The summed E-state index contributed by atoms with van der Waals surface area (Å²) >= 11 is 0. The highest BCUT2D eigenvalue weighted by Gasteiger charge is 2.00. The van der Waals surface area contributed by atoms with Gasteiger partial charge in [-0.2, -0.15) is 4.39 Å². The van der Waals surface area contributed by atoms with Gasteiger partial charge in [-0.05, 0) is 29.3 Å². The number of nitrogens with zero attached hydrogens (tertiary/aromatic N) is 1. The molecular formula is C14H12FNO2. The van der Waals surface area contributed by atoms with Crippen molar-refractivity contribution < 1.29 is 14.2 Å². The van der Waals surface area contributed by atoms with Gasteiger partial charge in [-0.1, -0.05) is 18.2 Å². The van der Waals surface area contributed by atoms with Gasteiger partial charge in [0.2, 0.25) is 5.95 Å². The molecule has 2 aromatic rings. The van der Waals surface area contributed by atoms with Gasteiger partial charge < -0.3 is 9.84 Å². The van der Waals surface area contributed by atoms with Crippen LogP contribution in [0.2, 0.25) is 0 Å². The number of ether oxygens (including phenoxy) is 1. The predicted molar refractivity (Wildman–Crippen MR) is 67.8 cm³/mol. The van der Waals surface area contributed by atoms with E-state index in [0.717, 1.165) is 5.56 Å². The Hall–Kier alpha value is -2.36. The van der Waals surface area contributed by atoms with Crippen molar-refractivity contribution in [3.8, 4) is 11.5 Å². The maximum Gasteiger partial charge on any atom is 0.213 e. The van der Waals surface area contributed by atoms with Gasteiger partial charge in [0.15, 0.2) is 11.5 Å². The number of aromatic nitrogens is 1. The smallest absolute Gasteiger partial charge is 0.213 e. The quantitative estimate of drug-likeness (QED) is 0.845. The fourth-order valence-corrected chi connectivity index (χ4v) is 1.52. The Morgan fingerprint density at radius 3 is 2.50 bits per heavy atom. The molecule has 0 saturated heterocycles. The molecule has 0 bridgehead atoms. The third-order valence-electron chi connectivity index (χ3n) is 2.42. The zero-order valence-corrected chi connectivity index (χ0v) is 9.80. The summed E-state index contributed by atoms with van der Waals surface area (Å²) in [6.45, 7) is 0. The number of hydrogen-bond donors (Lipinski definition) is 1. The van der Waals surface area contributed by atoms with Crippen LogP contribution in [0.15, 0.2) is 36.5 Å². The van der Waals surface area contributed by atoms with Gasteiger partial charge in [-0.15, -0.1) is 0 Å². The topological polar surface area (TPSA) is 42.4 Å². The number of aromatic hydroxyl groups is 1. The fraction of sp³-hybridized carbons (Fsp3) is 0.0714. The first-order valence-electron chi connectivity index (χ1n) is 5.35. The molecule has 0 saturated carbocycles. The van der Waals surface area contributed by atoms with E-state index in [9.17, 15) is 9.50 Å². The van der Waals surface area contributed by atoms with E-state index in [1.54, 1.807) is 36.4 Å². The monoisotopic (exact) mass is 245 g/mol. The summed E-state index contributed by atoms with van der Waals surface area (Å²) in [6, 6.07) is 8.07. The molecule has 1 aromatic carbocycles. The molecule has 0 aliphatic rings. The van der Waals surface area contributed by atoms with Crippen LogP contribution in [0.5, 0.6) is 11.5 Å². The Bertz CT molecular complexity index is 582. The van der Waals surface area contributed by atoms with Crippen LogP contribution in [-0.4, -0.2) is 17.2 Å². The summed E-state index contributed by atoms with van der Waals surface area (Å²) in [7, 11) is 1.49. The number of halogens is 1. The number of pyridine rings is 1. The van der Waals surface area contributed by atoms with Crippen LogP contribution in [0.1, 0.15) is 11.1 Å². The van der Waals surface area contributed by atoms with Crippen molar-refractivity contribution in [1.29, 1.82) is 0 Å². The number of benzene rings is 1. The molecule has 0 unspecified atom stereocenters. The second kappa shape index (κ2) is 5.31. The van der Waals surface area contributed by atoms with Crippen LogP contribution < -0.4 is 4.74 Å². The lowest BCUT2D eigenvalue weighted by Crippen LogP contribution is -1.84. The van der Waals surface area contributed by atoms with Crippen molar-refractivity contribution in [3.63, 3.8) is 0 Å². The third-order valence-corrected chi connectivity index (χ3v) is 2.42. The summed E-state index contributed by atoms with van der Waals surface area (Å²) in [5.41, 5.74) is 1.50. The van der Waals surface area contributed by atoms with E-state index in [0.29, 0.717) is 11.3 Å². The van der Waals surface area contributed by atoms with Crippen molar-refractivity contribution in [1.82, 2.24) is 4.98 Å². The standard InChI is InChI=1S/C14H12FNO2/c1-18-13-5-4-10(8-12(13)17)2-3-11-6-7-16-14(15)9-11/h2-9,17H,1H3. The highest BCUT2D eigenvalue weighted by atomic mass is 19.1. The van der Waals surface area contributed by atoms with E-state index in [1.807, 2.05) is 0 Å². The van der Waals surface area contributed by atoms with Gasteiger partial charge in [-0.25, -0.2) is 4.98 Å². The van der Waals surface area contributed by atoms with Crippen molar-refractivity contribution in [2.45, 2.75) is 0 Å². The van der Waals surface area contributed by atoms with E-state index < -0.39 is 5.95 Å². The maximum absolute atomic E-state index is 12.9. The van der Waals surface area contributed by atoms with Crippen LogP contribution in [0.3, 0.4) is 0 Å². The van der Waals surface area contributed by atoms with Crippen LogP contribution in [-0.2, 0) is 0 Å². The number of rotatable bonds is 3. The molecule has 0 radical (unpaired) electrons. The first kappa shape index (κ1) is 12.1. The van der Waals surface area contributed by atoms with Gasteiger partial charge in [0.1, 0.15) is 0 Å². The van der Waals surface area contributed by atoms with Crippen LogP contribution in [0.4, 0.5) is 4.39 Å². The SMILES string of the molecule is COc1ccc(C=Cc2ccnc(F)c2)cc1O. The minimum Gasteiger partial charge on any atom is -0.504 e. The predicted octanol–water partition coefficient (Wildman–Crippen LogP) is 3.11. The Kier molecular flexibility index (Phi) is 3.57. The van der Waals surface area contributed by atoms with E-state index in [-0.39, 0.29) is 5.75 Å². The molecule has 1 N–H and O–H groups in total. The first-order valence-corrected chi connectivity index (χ1v) is 5.35. The maximum atomic E-state index is 12.9. The highest BCUT2D eigenvalue weighted by Crippen LogP contribution is 2.26. The van der Waals surface area contributed by atoms with Gasteiger partial charge in [0, 0.05) is 12.3 Å². The molecule has 0 aliphatic heterocycles. The lowest BCUT2D eigenvalue weighted by molar-refractivity contribution is 0.373. The second-order valence-corrected chi connectivity index (χ2v) is 3.68. The average Bonchev–Trinajstić information content (AvgIpc) is 2.37. The fourth-order valence-electron chi connectivity index (χ4n) is 1.52. The zero-order chi connectivity index (χ0) is 13.0. The Labute approximate surface area is 104 Å². The number of hydrogen-bond acceptors (Lipinski definition) is 3. The normalized spacial score (nSPS) is 10.8. The molecule has 92 valence electrons. The lowest BCUT2D eigenvalue weighted by Gasteiger charge is -2.03. The van der Waals surface area contributed by atoms with Crippen LogP contribution in [0.25, 0.3) is 12.2 Å². The molecule has 2 rings (SSSR count). The lowest BCUT2D eigenvalue weighted by atomic mass is 10.1. The summed E-state index contributed by atoms with van der Waals surface area (Å²) in [6.07, 6.45) is 4.92. The molecule has 0 spiro atoms. The van der Waals surface area contributed by atoms with Gasteiger partial charge in [-0.3, -0.25) is 0 Å². The van der Waals surface area contributed by atoms with Crippen LogP contribution in [0, 0.1) is 5.95 Å². The Morgan fingerprint density at radius 2 is 1.89 bits per heavy atom. The van der Waals surface area contributed by atoms with Crippen molar-refractivity contribution >= 4 is 12.2 Å². The largest absolute Gasteiger partial charge is 0.504 e. The molecule has 1 heterocycles. The van der Waals surface area contributed by atoms with Crippen LogP contribution >= 0.6 is 0 Å². The molecular weight excluding hydrogens is 233 g/mol. The summed E-state index contributed by atoms with van der Waals surface area (Å²) in [5.74, 6) is -0.0302. The molecule has 0 atom stereocenters. The summed E-state index contributed by atoms with van der Waals surface area (Å²) in [5, 5.41) is 9.60. The molecule has 0 fully saturated rings. The number of phenolic OH excluding ortho intramolecular Hbond substituents is 1. The highest BCUT2D eigenvalue weighted by molar-refractivity contribution is 5.70. The molecule has 1 aromatic heterocycles. The summed E-state index contributed by atoms with van der Waals surface area (Å²) in [4.78, 5) is 3.47. The Morgan fingerprint density at radius 1 is 1.17 bits per heavy atom. The van der Waals surface area contributed by atoms with Gasteiger partial charge in [0.05, 0.1) is 7.11 Å². The number of phenols is 1. The van der Waals surface area contributed by atoms with Gasteiger partial charge in [0.25, 0.3) is 0 Å². The Balaban J connectivity index is 2.21. The first-order chi connectivity index (χ1) is 8.69. The van der Waals surface area contributed by atoms with Crippen molar-refractivity contribution in [2.24, 2.45) is 0 Å². The molecule has 18 heavy (non-hydrogen) atoms. The number of methoxy groups -OCH3 is 1. The second-order valence-electron chi connectivity index (χ2n) is 3.68. The zero-order valence-electron chi connectivity index (χ0n) is 9.80. The van der Waals surface area contributed by atoms with Crippen molar-refractivity contribution in [2.75, 3.05) is 7.11 Å². The summed E-state index contributed by atoms with van der Waals surface area (Å²) < 4.78 is 17.8. The molecule has 3 nitrogen and oxygen atoms in total. The molecule has 0 aliphatic carbocycles. The van der Waals surface area contributed by atoms with Crippen molar-refractivity contribution in [3.05, 3.63) is 53.6 Å². The molecule has 4 heteroatoms. The van der Waals surface area contributed by atoms with E-state index >= 15 is 0 Å². The van der Waals surface area contributed by atoms with E-state index in [1.165, 1.54) is 19.4 Å². The minimum atomic E-state index is -0.519. The molecule has 0 amide bonds. The van der Waals surface area contributed by atoms with E-state index in [2.05, 4.69) is 4.98 Å². The van der Waals surface area contributed by atoms with Gasteiger partial charge >= 0.3 is 0 Å². The minimum absolute atomic E-state index is 0.0700.